The molecule has 0 aromatic carbocycles. The molecule has 1 unspecified atom stereocenters. The molecule has 1 aliphatic rings. The molecule has 0 aromatic heterocycles. The second-order valence-electron chi connectivity index (χ2n) is 4.41. The van der Waals surface area contributed by atoms with E-state index < -0.39 is 9.84 Å². The summed E-state index contributed by atoms with van der Waals surface area (Å²) in [6.07, 6.45) is 3.57. The van der Waals surface area contributed by atoms with Gasteiger partial charge in [0.15, 0.2) is 5.96 Å². The molecule has 6 nitrogen and oxygen atoms in total. The topological polar surface area (TPSA) is 79.8 Å². The summed E-state index contributed by atoms with van der Waals surface area (Å²) >= 11 is 0. The summed E-state index contributed by atoms with van der Waals surface area (Å²) in [7, 11) is -2.94. The first-order chi connectivity index (χ1) is 8.51. The molecule has 0 bridgehead atoms. The molecule has 1 fully saturated rings. The van der Waals surface area contributed by atoms with Crippen molar-refractivity contribution in [2.45, 2.75) is 25.9 Å². The fourth-order valence-electron chi connectivity index (χ4n) is 1.68. The molecule has 0 amide bonds. The third-order valence-corrected chi connectivity index (χ3v) is 3.53. The quantitative estimate of drug-likeness (QED) is 0.380. The minimum absolute atomic E-state index is 0. The Morgan fingerprint density at radius 2 is 2.16 bits per heavy atom. The SMILES string of the molecule is CCNC(=NCC1CCCO1)NCCS(C)(=O)=O.I. The van der Waals surface area contributed by atoms with E-state index in [0.717, 1.165) is 26.0 Å². The highest BCUT2D eigenvalue weighted by Crippen LogP contribution is 2.11. The van der Waals surface area contributed by atoms with E-state index >= 15 is 0 Å². The smallest absolute Gasteiger partial charge is 0.191 e. The van der Waals surface area contributed by atoms with Crippen LogP contribution in [-0.2, 0) is 14.6 Å². The lowest BCUT2D eigenvalue weighted by atomic mass is 10.2. The predicted octanol–water partition coefficient (Wildman–Crippen LogP) is 0.383. The number of nitrogens with one attached hydrogen (secondary N) is 2. The van der Waals surface area contributed by atoms with Crippen LogP contribution in [0.3, 0.4) is 0 Å². The van der Waals surface area contributed by atoms with Crippen molar-refractivity contribution in [1.82, 2.24) is 10.6 Å². The maximum absolute atomic E-state index is 11.0. The van der Waals surface area contributed by atoms with Crippen LogP contribution < -0.4 is 10.6 Å². The summed E-state index contributed by atoms with van der Waals surface area (Å²) in [6, 6.07) is 0. The second-order valence-corrected chi connectivity index (χ2v) is 6.67. The molecule has 1 heterocycles. The van der Waals surface area contributed by atoms with Crippen molar-refractivity contribution in [3.8, 4) is 0 Å². The van der Waals surface area contributed by atoms with E-state index in [1.54, 1.807) is 0 Å². The van der Waals surface area contributed by atoms with Crippen molar-refractivity contribution in [3.05, 3.63) is 0 Å². The molecule has 1 rings (SSSR count). The fraction of sp³-hybridized carbons (Fsp3) is 0.909. The molecule has 0 radical (unpaired) electrons. The largest absolute Gasteiger partial charge is 0.376 e. The van der Waals surface area contributed by atoms with Crippen LogP contribution in [0.5, 0.6) is 0 Å². The van der Waals surface area contributed by atoms with Gasteiger partial charge in [-0.25, -0.2) is 8.42 Å². The van der Waals surface area contributed by atoms with Gasteiger partial charge in [-0.05, 0) is 19.8 Å². The molecule has 114 valence electrons. The number of hydrogen-bond acceptors (Lipinski definition) is 4. The van der Waals surface area contributed by atoms with Gasteiger partial charge < -0.3 is 15.4 Å². The summed E-state index contributed by atoms with van der Waals surface area (Å²) < 4.78 is 27.5. The molecule has 1 saturated heterocycles. The van der Waals surface area contributed by atoms with Gasteiger partial charge in [0.2, 0.25) is 0 Å². The monoisotopic (exact) mass is 405 g/mol. The van der Waals surface area contributed by atoms with Crippen LogP contribution in [0.15, 0.2) is 4.99 Å². The molecule has 0 saturated carbocycles. The Labute approximate surface area is 132 Å². The van der Waals surface area contributed by atoms with Crippen molar-refractivity contribution in [2.75, 3.05) is 38.2 Å². The number of halogens is 1. The van der Waals surface area contributed by atoms with Crippen LogP contribution in [-0.4, -0.2) is 58.7 Å². The first-order valence-electron chi connectivity index (χ1n) is 6.33. The first kappa shape index (κ1) is 18.9. The Morgan fingerprint density at radius 1 is 1.42 bits per heavy atom. The fourth-order valence-corrected chi connectivity index (χ4v) is 2.15. The zero-order valence-corrected chi connectivity index (χ0v) is 14.7. The highest BCUT2D eigenvalue weighted by Gasteiger charge is 2.14. The highest BCUT2D eigenvalue weighted by atomic mass is 127. The Hall–Kier alpha value is -0.0900. The van der Waals surface area contributed by atoms with Crippen LogP contribution in [0.2, 0.25) is 0 Å². The predicted molar refractivity (Wildman–Crippen MR) is 88.1 cm³/mol. The van der Waals surface area contributed by atoms with E-state index in [4.69, 9.17) is 4.74 Å². The molecule has 2 N–H and O–H groups in total. The Morgan fingerprint density at radius 3 is 2.68 bits per heavy atom. The molecule has 0 aromatic rings. The van der Waals surface area contributed by atoms with E-state index in [1.807, 2.05) is 6.92 Å². The van der Waals surface area contributed by atoms with Gasteiger partial charge in [0.25, 0.3) is 0 Å². The normalized spacial score (nSPS) is 19.9. The maximum Gasteiger partial charge on any atom is 0.191 e. The number of hydrogen-bond donors (Lipinski definition) is 2. The molecule has 19 heavy (non-hydrogen) atoms. The van der Waals surface area contributed by atoms with E-state index in [1.165, 1.54) is 6.26 Å². The lowest BCUT2D eigenvalue weighted by molar-refractivity contribution is 0.117. The molecule has 0 spiro atoms. The van der Waals surface area contributed by atoms with Gasteiger partial charge in [0, 0.05) is 26.0 Å². The molecule has 8 heteroatoms. The van der Waals surface area contributed by atoms with Gasteiger partial charge >= 0.3 is 0 Å². The van der Waals surface area contributed by atoms with Gasteiger partial charge in [-0.1, -0.05) is 0 Å². The van der Waals surface area contributed by atoms with Gasteiger partial charge in [0.05, 0.1) is 18.4 Å². The number of rotatable bonds is 6. The summed E-state index contributed by atoms with van der Waals surface area (Å²) in [5.74, 6) is 0.758. The van der Waals surface area contributed by atoms with Crippen molar-refractivity contribution in [2.24, 2.45) is 4.99 Å². The lowest BCUT2D eigenvalue weighted by Crippen LogP contribution is -2.40. The van der Waals surface area contributed by atoms with Crippen LogP contribution in [0.25, 0.3) is 0 Å². The van der Waals surface area contributed by atoms with E-state index in [9.17, 15) is 8.42 Å². The van der Waals surface area contributed by atoms with Crippen LogP contribution >= 0.6 is 24.0 Å². The Bertz CT molecular complexity index is 367. The maximum atomic E-state index is 11.0. The number of nitrogens with zero attached hydrogens (tertiary/aromatic N) is 1. The van der Waals surface area contributed by atoms with Crippen LogP contribution in [0.4, 0.5) is 0 Å². The summed E-state index contributed by atoms with van der Waals surface area (Å²) in [5, 5.41) is 6.09. The lowest BCUT2D eigenvalue weighted by Gasteiger charge is -2.12. The summed E-state index contributed by atoms with van der Waals surface area (Å²) in [4.78, 5) is 4.39. The van der Waals surface area contributed by atoms with E-state index in [2.05, 4.69) is 15.6 Å². The van der Waals surface area contributed by atoms with Crippen LogP contribution in [0.1, 0.15) is 19.8 Å². The molecular weight excluding hydrogens is 381 g/mol. The zero-order valence-electron chi connectivity index (χ0n) is 11.5. The first-order valence-corrected chi connectivity index (χ1v) is 8.39. The summed E-state index contributed by atoms with van der Waals surface area (Å²) in [5.41, 5.74) is 0. The minimum Gasteiger partial charge on any atom is -0.376 e. The highest BCUT2D eigenvalue weighted by molar-refractivity contribution is 14.0. The average molecular weight is 405 g/mol. The molecular formula is C11H24IN3O3S. The Kier molecular flexibility index (Phi) is 9.71. The third-order valence-electron chi connectivity index (χ3n) is 2.59. The van der Waals surface area contributed by atoms with Crippen molar-refractivity contribution >= 4 is 39.8 Å². The van der Waals surface area contributed by atoms with Crippen molar-refractivity contribution in [3.63, 3.8) is 0 Å². The second kappa shape index (κ2) is 9.76. The van der Waals surface area contributed by atoms with Crippen molar-refractivity contribution < 1.29 is 13.2 Å². The molecule has 1 atom stereocenters. The van der Waals surface area contributed by atoms with Gasteiger partial charge in [-0.3, -0.25) is 4.99 Å². The van der Waals surface area contributed by atoms with Gasteiger partial charge in [-0.15, -0.1) is 24.0 Å². The van der Waals surface area contributed by atoms with Gasteiger partial charge in [-0.2, -0.15) is 0 Å². The van der Waals surface area contributed by atoms with Gasteiger partial charge in [0.1, 0.15) is 9.84 Å². The Balaban J connectivity index is 0.00000324. The van der Waals surface area contributed by atoms with E-state index in [-0.39, 0.29) is 35.8 Å². The summed E-state index contributed by atoms with van der Waals surface area (Å²) in [6.45, 7) is 4.53. The standard InChI is InChI=1S/C11H23N3O3S.HI/c1-3-12-11(13-6-8-18(2,15)16)14-9-10-5-4-7-17-10;/h10H,3-9H2,1-2H3,(H2,12,13,14);1H. The molecule has 1 aliphatic heterocycles. The third kappa shape index (κ3) is 9.44. The zero-order chi connectivity index (χ0) is 13.4. The minimum atomic E-state index is -2.94. The number of guanidine groups is 1. The van der Waals surface area contributed by atoms with Crippen molar-refractivity contribution in [1.29, 1.82) is 0 Å². The molecule has 0 aliphatic carbocycles. The van der Waals surface area contributed by atoms with E-state index in [0.29, 0.717) is 19.0 Å². The number of aliphatic imine (C=N–C) groups is 1. The average Bonchev–Trinajstić information content (AvgIpc) is 2.77. The van der Waals surface area contributed by atoms with Crippen LogP contribution in [0, 0.1) is 0 Å². The number of sulfone groups is 1. The number of ether oxygens (including phenoxy) is 1.